The second-order valence-electron chi connectivity index (χ2n) is 4.55. The summed E-state index contributed by atoms with van der Waals surface area (Å²) in [5.41, 5.74) is -1.01. The van der Waals surface area contributed by atoms with Crippen LogP contribution in [0.25, 0.3) is 0 Å². The van der Waals surface area contributed by atoms with Gasteiger partial charge in [0.05, 0.1) is 9.82 Å². The molecule has 0 aliphatic heterocycles. The number of sulfonamides is 1. The highest BCUT2D eigenvalue weighted by Gasteiger charge is 2.29. The molecule has 0 heterocycles. The monoisotopic (exact) mass is 320 g/mol. The lowest BCUT2D eigenvalue weighted by molar-refractivity contribution is -0.387. The molecule has 0 radical (unpaired) electrons. The van der Waals surface area contributed by atoms with Crippen LogP contribution >= 0.6 is 0 Å². The molecule has 0 aliphatic carbocycles. The first kappa shape index (κ1) is 17.0. The van der Waals surface area contributed by atoms with E-state index in [2.05, 4.69) is 0 Å². The van der Waals surface area contributed by atoms with Crippen LogP contribution in [0.3, 0.4) is 0 Å². The normalized spacial score (nSPS) is 13.1. The number of hydrogen-bond acceptors (Lipinski definition) is 5. The van der Waals surface area contributed by atoms with E-state index in [1.54, 1.807) is 0 Å². The molecule has 0 fully saturated rings. The summed E-state index contributed by atoms with van der Waals surface area (Å²) in [4.78, 5) is 19.9. The molecular weight excluding hydrogens is 307 g/mol. The maximum absolute atomic E-state index is 13.2. The van der Waals surface area contributed by atoms with Gasteiger partial charge in [-0.3, -0.25) is 14.9 Å². The van der Waals surface area contributed by atoms with Crippen molar-refractivity contribution in [3.63, 3.8) is 0 Å². The van der Waals surface area contributed by atoms with Crippen molar-refractivity contribution >= 4 is 21.7 Å². The van der Waals surface area contributed by atoms with E-state index >= 15 is 0 Å². The first-order chi connectivity index (χ1) is 9.56. The fourth-order valence-corrected chi connectivity index (χ4v) is 2.86. The number of nitro benzene ring substituents is 1. The number of benzene rings is 1. The topological polar surface area (TPSA) is 127 Å². The number of halogens is 1. The summed E-state index contributed by atoms with van der Waals surface area (Å²) in [7, 11) is -4.32. The van der Waals surface area contributed by atoms with E-state index in [-0.39, 0.29) is 0 Å². The summed E-state index contributed by atoms with van der Waals surface area (Å²) in [5.74, 6) is -3.12. The number of nitrogens with zero attached hydrogens (tertiary/aromatic N) is 1. The van der Waals surface area contributed by atoms with Gasteiger partial charge in [-0.15, -0.1) is 0 Å². The Morgan fingerprint density at radius 2 is 2.00 bits per heavy atom. The van der Waals surface area contributed by atoms with Crippen molar-refractivity contribution in [2.45, 2.75) is 24.8 Å². The summed E-state index contributed by atoms with van der Waals surface area (Å²) < 4.78 is 39.1. The largest absolute Gasteiger partial charge is 0.480 e. The molecule has 1 aromatic rings. The highest BCUT2D eigenvalue weighted by molar-refractivity contribution is 7.89. The third kappa shape index (κ3) is 3.95. The molecule has 10 heteroatoms. The standard InChI is InChI=1S/C11H13FN2O6S/c1-6(2)10(11(15)16)13-21(19,20)7-3-4-8(12)9(5-7)14(17)18/h3-6,10,13H,1-2H3,(H,15,16)/t10-/m1/s1. The Kier molecular flexibility index (Phi) is 4.97. The van der Waals surface area contributed by atoms with Gasteiger partial charge in [-0.05, 0) is 18.1 Å². The quantitative estimate of drug-likeness (QED) is 0.597. The Labute approximate surface area is 119 Å². The lowest BCUT2D eigenvalue weighted by Gasteiger charge is -2.17. The summed E-state index contributed by atoms with van der Waals surface area (Å²) in [6.07, 6.45) is 0. The van der Waals surface area contributed by atoms with Crippen molar-refractivity contribution in [3.8, 4) is 0 Å². The van der Waals surface area contributed by atoms with Crippen LogP contribution in [-0.2, 0) is 14.8 Å². The molecule has 2 N–H and O–H groups in total. The Morgan fingerprint density at radius 3 is 2.43 bits per heavy atom. The summed E-state index contributed by atoms with van der Waals surface area (Å²) in [6.45, 7) is 2.99. The maximum atomic E-state index is 13.2. The minimum Gasteiger partial charge on any atom is -0.480 e. The zero-order valence-electron chi connectivity index (χ0n) is 11.1. The van der Waals surface area contributed by atoms with Crippen LogP contribution in [-0.4, -0.2) is 30.5 Å². The van der Waals surface area contributed by atoms with Crippen LogP contribution in [0, 0.1) is 21.8 Å². The first-order valence-corrected chi connectivity index (χ1v) is 7.23. The minimum absolute atomic E-state index is 0.539. The summed E-state index contributed by atoms with van der Waals surface area (Å²) in [6, 6.07) is 0.595. The second-order valence-corrected chi connectivity index (χ2v) is 6.27. The molecule has 116 valence electrons. The molecule has 21 heavy (non-hydrogen) atoms. The molecule has 0 saturated heterocycles. The molecule has 0 unspecified atom stereocenters. The van der Waals surface area contributed by atoms with Crippen molar-refractivity contribution in [2.75, 3.05) is 0 Å². The Morgan fingerprint density at radius 1 is 1.43 bits per heavy atom. The van der Waals surface area contributed by atoms with E-state index in [1.807, 2.05) is 4.72 Å². The van der Waals surface area contributed by atoms with Crippen LogP contribution in [0.5, 0.6) is 0 Å². The van der Waals surface area contributed by atoms with Crippen molar-refractivity contribution < 1.29 is 27.6 Å². The number of carboxylic acid groups (broad SMARTS) is 1. The molecule has 0 spiro atoms. The smallest absolute Gasteiger partial charge is 0.322 e. The molecule has 0 saturated carbocycles. The zero-order chi connectivity index (χ0) is 16.4. The van der Waals surface area contributed by atoms with Gasteiger partial charge in [0, 0.05) is 6.07 Å². The van der Waals surface area contributed by atoms with Gasteiger partial charge >= 0.3 is 11.7 Å². The van der Waals surface area contributed by atoms with E-state index < -0.39 is 49.3 Å². The van der Waals surface area contributed by atoms with Gasteiger partial charge in [-0.1, -0.05) is 13.8 Å². The minimum atomic E-state index is -4.32. The molecule has 0 amide bonds. The Hall–Kier alpha value is -2.07. The van der Waals surface area contributed by atoms with Crippen LogP contribution < -0.4 is 4.72 Å². The number of nitro groups is 1. The van der Waals surface area contributed by atoms with E-state index in [4.69, 9.17) is 5.11 Å². The third-order valence-corrected chi connectivity index (χ3v) is 4.08. The van der Waals surface area contributed by atoms with E-state index in [1.165, 1.54) is 13.8 Å². The fourth-order valence-electron chi connectivity index (χ4n) is 1.51. The van der Waals surface area contributed by atoms with E-state index in [0.29, 0.717) is 12.1 Å². The molecule has 8 nitrogen and oxygen atoms in total. The molecule has 0 aromatic heterocycles. The number of hydrogen-bond donors (Lipinski definition) is 2. The van der Waals surface area contributed by atoms with Crippen LogP contribution in [0.2, 0.25) is 0 Å². The highest BCUT2D eigenvalue weighted by atomic mass is 32.2. The van der Waals surface area contributed by atoms with Gasteiger partial charge in [0.2, 0.25) is 15.8 Å². The molecule has 1 atom stereocenters. The molecular formula is C11H13FN2O6S. The predicted molar refractivity (Wildman–Crippen MR) is 69.6 cm³/mol. The predicted octanol–water partition coefficient (Wildman–Crippen LogP) is 1.12. The first-order valence-electron chi connectivity index (χ1n) is 5.75. The number of aliphatic carboxylic acids is 1. The van der Waals surface area contributed by atoms with Crippen molar-refractivity contribution in [3.05, 3.63) is 34.1 Å². The fraction of sp³-hybridized carbons (Fsp3) is 0.364. The van der Waals surface area contributed by atoms with Crippen LogP contribution in [0.15, 0.2) is 23.1 Å². The maximum Gasteiger partial charge on any atom is 0.322 e. The van der Waals surface area contributed by atoms with E-state index in [9.17, 15) is 27.7 Å². The number of nitrogens with one attached hydrogen (secondary N) is 1. The van der Waals surface area contributed by atoms with Gasteiger partial charge in [0.1, 0.15) is 6.04 Å². The number of rotatable bonds is 6. The Balaban J connectivity index is 3.22. The van der Waals surface area contributed by atoms with Crippen molar-refractivity contribution in [2.24, 2.45) is 5.92 Å². The molecule has 0 bridgehead atoms. The third-order valence-electron chi connectivity index (χ3n) is 2.64. The van der Waals surface area contributed by atoms with Gasteiger partial charge in [0.15, 0.2) is 0 Å². The SMILES string of the molecule is CC(C)[C@@H](NS(=O)(=O)c1ccc(F)c([N+](=O)[O-])c1)C(=O)O. The number of carbonyl (C=O) groups is 1. The average Bonchev–Trinajstić information content (AvgIpc) is 2.35. The second kappa shape index (κ2) is 6.14. The molecule has 1 aromatic carbocycles. The lowest BCUT2D eigenvalue weighted by atomic mass is 10.1. The molecule has 0 aliphatic rings. The van der Waals surface area contributed by atoms with E-state index in [0.717, 1.165) is 6.07 Å². The van der Waals surface area contributed by atoms with Crippen molar-refractivity contribution in [1.82, 2.24) is 4.72 Å². The highest BCUT2D eigenvalue weighted by Crippen LogP contribution is 2.22. The summed E-state index contributed by atoms with van der Waals surface area (Å²) >= 11 is 0. The number of carboxylic acids is 1. The Bertz CT molecular complexity index is 673. The average molecular weight is 320 g/mol. The molecule has 1 rings (SSSR count). The van der Waals surface area contributed by atoms with Crippen LogP contribution in [0.1, 0.15) is 13.8 Å². The van der Waals surface area contributed by atoms with Crippen molar-refractivity contribution in [1.29, 1.82) is 0 Å². The van der Waals surface area contributed by atoms with Gasteiger partial charge in [-0.25, -0.2) is 8.42 Å². The van der Waals surface area contributed by atoms with Gasteiger partial charge < -0.3 is 5.11 Å². The van der Waals surface area contributed by atoms with Crippen LogP contribution in [0.4, 0.5) is 10.1 Å². The summed E-state index contributed by atoms with van der Waals surface area (Å²) in [5, 5.41) is 19.5. The zero-order valence-corrected chi connectivity index (χ0v) is 11.9. The van der Waals surface area contributed by atoms with Gasteiger partial charge in [-0.2, -0.15) is 9.11 Å². The lowest BCUT2D eigenvalue weighted by Crippen LogP contribution is -2.44. The van der Waals surface area contributed by atoms with Gasteiger partial charge in [0.25, 0.3) is 0 Å².